The molecule has 0 spiro atoms. The zero-order chi connectivity index (χ0) is 22.8. The van der Waals surface area contributed by atoms with Crippen LogP contribution >= 0.6 is 23.2 Å². The Morgan fingerprint density at radius 1 is 0.903 bits per heavy atom. The lowest BCUT2D eigenvalue weighted by atomic mass is 10.1. The van der Waals surface area contributed by atoms with E-state index in [9.17, 15) is 13.2 Å². The number of nitrogens with one attached hydrogen (secondary N) is 1. The molecule has 31 heavy (non-hydrogen) atoms. The second kappa shape index (κ2) is 9.30. The zero-order valence-electron chi connectivity index (χ0n) is 17.3. The second-order valence-corrected chi connectivity index (χ2v) is 9.91. The summed E-state index contributed by atoms with van der Waals surface area (Å²) in [5.41, 5.74) is 3.50. The number of anilines is 2. The second-order valence-electron chi connectivity index (χ2n) is 7.24. The molecule has 0 unspecified atom stereocenters. The molecule has 1 N–H and O–H groups in total. The summed E-state index contributed by atoms with van der Waals surface area (Å²) in [5, 5.41) is 3.16. The molecule has 8 heteroatoms. The minimum atomic E-state index is -4.00. The van der Waals surface area contributed by atoms with E-state index in [-0.39, 0.29) is 20.6 Å². The molecule has 0 aliphatic carbocycles. The Hall–Kier alpha value is -2.54. The van der Waals surface area contributed by atoms with E-state index in [0.717, 1.165) is 21.0 Å². The number of sulfonamides is 1. The number of rotatable bonds is 6. The van der Waals surface area contributed by atoms with Gasteiger partial charge in [-0.3, -0.25) is 9.10 Å². The van der Waals surface area contributed by atoms with Gasteiger partial charge in [0, 0.05) is 0 Å². The summed E-state index contributed by atoms with van der Waals surface area (Å²) in [6, 6.07) is 16.6. The fourth-order valence-electron chi connectivity index (χ4n) is 2.96. The molecule has 0 radical (unpaired) electrons. The van der Waals surface area contributed by atoms with Crippen molar-refractivity contribution in [2.75, 3.05) is 16.2 Å². The van der Waals surface area contributed by atoms with Gasteiger partial charge in [0.15, 0.2) is 0 Å². The van der Waals surface area contributed by atoms with E-state index in [2.05, 4.69) is 5.32 Å². The maximum absolute atomic E-state index is 13.5. The van der Waals surface area contributed by atoms with Crippen molar-refractivity contribution in [1.82, 2.24) is 0 Å². The average molecular weight is 477 g/mol. The Bertz CT molecular complexity index is 1210. The van der Waals surface area contributed by atoms with E-state index in [1.54, 1.807) is 42.5 Å². The van der Waals surface area contributed by atoms with Gasteiger partial charge in [0.25, 0.3) is 10.0 Å². The van der Waals surface area contributed by atoms with Gasteiger partial charge in [0.2, 0.25) is 5.91 Å². The normalized spacial score (nSPS) is 11.3. The third-order valence-corrected chi connectivity index (χ3v) is 7.32. The van der Waals surface area contributed by atoms with Crippen LogP contribution in [0.3, 0.4) is 0 Å². The van der Waals surface area contributed by atoms with Crippen molar-refractivity contribution in [2.24, 2.45) is 0 Å². The van der Waals surface area contributed by atoms with E-state index in [0.29, 0.717) is 5.69 Å². The van der Waals surface area contributed by atoms with Crippen LogP contribution < -0.4 is 9.62 Å². The highest BCUT2D eigenvalue weighted by Crippen LogP contribution is 2.30. The molecule has 0 saturated carbocycles. The first-order valence-corrected chi connectivity index (χ1v) is 11.7. The number of amides is 1. The SMILES string of the molecule is Cc1ccc(S(=O)(=O)N(CC(=O)Nc2c(Cl)cccc2Cl)c2ccc(C)c(C)c2)cc1. The number of carbonyl (C=O) groups excluding carboxylic acids is 1. The lowest BCUT2D eigenvalue weighted by Gasteiger charge is -2.25. The molecule has 1 amide bonds. The molecule has 0 heterocycles. The molecule has 0 fully saturated rings. The van der Waals surface area contributed by atoms with Crippen LogP contribution in [0.2, 0.25) is 10.0 Å². The number of para-hydroxylation sites is 1. The first-order chi connectivity index (χ1) is 14.6. The molecule has 0 aromatic heterocycles. The third kappa shape index (κ3) is 5.21. The van der Waals surface area contributed by atoms with Gasteiger partial charge in [-0.05, 0) is 68.3 Å². The molecule has 3 aromatic carbocycles. The van der Waals surface area contributed by atoms with Crippen LogP contribution in [0.25, 0.3) is 0 Å². The van der Waals surface area contributed by atoms with Gasteiger partial charge in [-0.2, -0.15) is 0 Å². The summed E-state index contributed by atoms with van der Waals surface area (Å²) < 4.78 is 28.0. The minimum Gasteiger partial charge on any atom is -0.322 e. The Kier molecular flexibility index (Phi) is 6.94. The van der Waals surface area contributed by atoms with Gasteiger partial charge in [-0.1, -0.05) is 53.0 Å². The van der Waals surface area contributed by atoms with E-state index < -0.39 is 22.5 Å². The highest BCUT2D eigenvalue weighted by molar-refractivity contribution is 7.92. The fraction of sp³-hybridized carbons (Fsp3) is 0.174. The summed E-state index contributed by atoms with van der Waals surface area (Å²) in [4.78, 5) is 12.9. The third-order valence-electron chi connectivity index (χ3n) is 4.90. The molecule has 0 bridgehead atoms. The van der Waals surface area contributed by atoms with Gasteiger partial charge in [0.05, 0.1) is 26.3 Å². The molecule has 3 aromatic rings. The molecule has 0 aliphatic rings. The van der Waals surface area contributed by atoms with Gasteiger partial charge < -0.3 is 5.32 Å². The predicted molar refractivity (Wildman–Crippen MR) is 127 cm³/mol. The summed E-state index contributed by atoms with van der Waals surface area (Å²) in [5.74, 6) is -0.566. The monoisotopic (exact) mass is 476 g/mol. The van der Waals surface area contributed by atoms with Crippen LogP contribution in [0.15, 0.2) is 65.6 Å². The predicted octanol–water partition coefficient (Wildman–Crippen LogP) is 5.75. The van der Waals surface area contributed by atoms with Gasteiger partial charge in [0.1, 0.15) is 6.54 Å². The molecule has 162 valence electrons. The minimum absolute atomic E-state index is 0.0971. The smallest absolute Gasteiger partial charge is 0.264 e. The van der Waals surface area contributed by atoms with Crippen molar-refractivity contribution in [3.8, 4) is 0 Å². The fourth-order valence-corrected chi connectivity index (χ4v) is 4.86. The van der Waals surface area contributed by atoms with Crippen molar-refractivity contribution in [3.63, 3.8) is 0 Å². The first kappa shape index (κ1) is 23.1. The molecule has 0 atom stereocenters. The van der Waals surface area contributed by atoms with Crippen molar-refractivity contribution in [3.05, 3.63) is 87.4 Å². The van der Waals surface area contributed by atoms with Crippen molar-refractivity contribution in [2.45, 2.75) is 25.7 Å². The Balaban J connectivity index is 2.00. The van der Waals surface area contributed by atoms with Crippen LogP contribution in [0.5, 0.6) is 0 Å². The number of hydrogen-bond donors (Lipinski definition) is 1. The molecular formula is C23H22Cl2N2O3S. The molecule has 0 aliphatic heterocycles. The van der Waals surface area contributed by atoms with Crippen molar-refractivity contribution < 1.29 is 13.2 Å². The van der Waals surface area contributed by atoms with Gasteiger partial charge in [-0.15, -0.1) is 0 Å². The van der Waals surface area contributed by atoms with E-state index in [1.165, 1.54) is 12.1 Å². The Morgan fingerprint density at radius 2 is 1.52 bits per heavy atom. The van der Waals surface area contributed by atoms with Crippen molar-refractivity contribution >= 4 is 50.5 Å². The van der Waals surface area contributed by atoms with Gasteiger partial charge in [-0.25, -0.2) is 8.42 Å². The van der Waals surface area contributed by atoms with Crippen LogP contribution in [-0.2, 0) is 14.8 Å². The number of nitrogens with zero attached hydrogens (tertiary/aromatic N) is 1. The van der Waals surface area contributed by atoms with Gasteiger partial charge >= 0.3 is 0 Å². The zero-order valence-corrected chi connectivity index (χ0v) is 19.6. The highest BCUT2D eigenvalue weighted by Gasteiger charge is 2.28. The van der Waals surface area contributed by atoms with E-state index >= 15 is 0 Å². The van der Waals surface area contributed by atoms with E-state index in [1.807, 2.05) is 26.8 Å². The maximum Gasteiger partial charge on any atom is 0.264 e. The average Bonchev–Trinajstić information content (AvgIpc) is 2.71. The van der Waals surface area contributed by atoms with Crippen LogP contribution in [0, 0.1) is 20.8 Å². The lowest BCUT2D eigenvalue weighted by molar-refractivity contribution is -0.114. The summed E-state index contributed by atoms with van der Waals surface area (Å²) in [7, 11) is -4.00. The number of benzene rings is 3. The number of aryl methyl sites for hydroxylation is 3. The Morgan fingerprint density at radius 3 is 2.10 bits per heavy atom. The quantitative estimate of drug-likeness (QED) is 0.492. The maximum atomic E-state index is 13.5. The number of carbonyl (C=O) groups is 1. The van der Waals surface area contributed by atoms with Crippen LogP contribution in [0.1, 0.15) is 16.7 Å². The topological polar surface area (TPSA) is 66.5 Å². The standard InChI is InChI=1S/C23H22Cl2N2O3S/c1-15-7-11-19(12-8-15)31(29,30)27(18-10-9-16(2)17(3)13-18)14-22(28)26-23-20(24)5-4-6-21(23)25/h4-13H,14H2,1-3H3,(H,26,28). The lowest BCUT2D eigenvalue weighted by Crippen LogP contribution is -2.38. The molecule has 0 saturated heterocycles. The van der Waals surface area contributed by atoms with Crippen LogP contribution in [0.4, 0.5) is 11.4 Å². The first-order valence-electron chi connectivity index (χ1n) is 9.50. The molecular weight excluding hydrogens is 455 g/mol. The Labute approximate surface area is 192 Å². The summed E-state index contributed by atoms with van der Waals surface area (Å²) in [6.45, 7) is 5.25. The highest BCUT2D eigenvalue weighted by atomic mass is 35.5. The van der Waals surface area contributed by atoms with E-state index in [4.69, 9.17) is 23.2 Å². The summed E-state index contributed by atoms with van der Waals surface area (Å²) in [6.07, 6.45) is 0. The summed E-state index contributed by atoms with van der Waals surface area (Å²) >= 11 is 12.3. The van der Waals surface area contributed by atoms with Crippen molar-refractivity contribution in [1.29, 1.82) is 0 Å². The molecule has 3 rings (SSSR count). The number of halogens is 2. The largest absolute Gasteiger partial charge is 0.322 e. The number of hydrogen-bond acceptors (Lipinski definition) is 3. The molecule has 5 nitrogen and oxygen atoms in total. The van der Waals surface area contributed by atoms with Crippen LogP contribution in [-0.4, -0.2) is 20.9 Å².